The van der Waals surface area contributed by atoms with E-state index in [2.05, 4.69) is 5.32 Å². The highest BCUT2D eigenvalue weighted by Crippen LogP contribution is 2.30. The van der Waals surface area contributed by atoms with Crippen LogP contribution in [-0.2, 0) is 9.59 Å². The van der Waals surface area contributed by atoms with Crippen molar-refractivity contribution >= 4 is 29.2 Å². The number of carbonyl (C=O) groups is 2. The van der Waals surface area contributed by atoms with Gasteiger partial charge in [-0.3, -0.25) is 9.59 Å². The van der Waals surface area contributed by atoms with E-state index >= 15 is 0 Å². The molecule has 1 aliphatic carbocycles. The molecule has 0 aromatic heterocycles. The molecule has 2 rings (SSSR count). The van der Waals surface area contributed by atoms with Gasteiger partial charge in [-0.25, -0.2) is 0 Å². The summed E-state index contributed by atoms with van der Waals surface area (Å²) in [6.45, 7) is 1.86. The second kappa shape index (κ2) is 6.27. The Morgan fingerprint density at radius 3 is 2.40 bits per heavy atom. The molecular weight excluding hydrogens is 278 g/mol. The molecule has 1 amide bonds. The number of nitrogens with one attached hydrogen (secondary N) is 1. The first-order valence-electron chi connectivity index (χ1n) is 6.78. The molecule has 0 saturated heterocycles. The number of halogens is 1. The summed E-state index contributed by atoms with van der Waals surface area (Å²) in [5.74, 6) is -1.20. The van der Waals surface area contributed by atoms with E-state index in [0.717, 1.165) is 11.3 Å². The molecule has 1 aromatic rings. The predicted octanol–water partition coefficient (Wildman–Crippen LogP) is 3.48. The Morgan fingerprint density at radius 1 is 1.20 bits per heavy atom. The van der Waals surface area contributed by atoms with Gasteiger partial charge in [0, 0.05) is 16.6 Å². The fourth-order valence-electron chi connectivity index (χ4n) is 2.58. The van der Waals surface area contributed by atoms with Crippen molar-refractivity contribution in [2.75, 3.05) is 5.32 Å². The fourth-order valence-corrected chi connectivity index (χ4v) is 2.75. The van der Waals surface area contributed by atoms with Gasteiger partial charge in [0.25, 0.3) is 0 Å². The number of aliphatic carboxylic acids is 1. The summed E-state index contributed by atoms with van der Waals surface area (Å²) in [6.07, 6.45) is 2.40. The lowest BCUT2D eigenvalue weighted by Crippen LogP contribution is -2.29. The smallest absolute Gasteiger partial charge is 0.306 e. The summed E-state index contributed by atoms with van der Waals surface area (Å²) in [4.78, 5) is 23.1. The van der Waals surface area contributed by atoms with E-state index in [0.29, 0.717) is 30.7 Å². The molecule has 1 saturated carbocycles. The second-order valence-electron chi connectivity index (χ2n) is 5.29. The number of hydrogen-bond acceptors (Lipinski definition) is 2. The molecule has 0 heterocycles. The molecule has 0 unspecified atom stereocenters. The molecule has 1 fully saturated rings. The minimum atomic E-state index is -0.755. The number of carboxylic acids is 1. The SMILES string of the molecule is Cc1c(Cl)cccc1NC(=O)C1CCC(C(=O)O)CC1. The van der Waals surface area contributed by atoms with Gasteiger partial charge in [-0.2, -0.15) is 0 Å². The van der Waals surface area contributed by atoms with Crippen LogP contribution in [0.15, 0.2) is 18.2 Å². The molecule has 4 nitrogen and oxygen atoms in total. The molecule has 0 radical (unpaired) electrons. The van der Waals surface area contributed by atoms with Gasteiger partial charge in [0.2, 0.25) is 5.91 Å². The van der Waals surface area contributed by atoms with E-state index in [9.17, 15) is 9.59 Å². The zero-order chi connectivity index (χ0) is 14.7. The van der Waals surface area contributed by atoms with E-state index in [1.54, 1.807) is 12.1 Å². The van der Waals surface area contributed by atoms with E-state index < -0.39 is 5.97 Å². The summed E-state index contributed by atoms with van der Waals surface area (Å²) >= 11 is 6.02. The molecular formula is C15H18ClNO3. The molecule has 108 valence electrons. The number of rotatable bonds is 3. The van der Waals surface area contributed by atoms with Crippen molar-refractivity contribution in [2.24, 2.45) is 11.8 Å². The van der Waals surface area contributed by atoms with Crippen molar-refractivity contribution in [2.45, 2.75) is 32.6 Å². The van der Waals surface area contributed by atoms with Crippen LogP contribution in [0.1, 0.15) is 31.2 Å². The van der Waals surface area contributed by atoms with E-state index in [1.165, 1.54) is 0 Å². The van der Waals surface area contributed by atoms with Gasteiger partial charge in [-0.05, 0) is 50.3 Å². The maximum atomic E-state index is 12.2. The fraction of sp³-hybridized carbons (Fsp3) is 0.467. The number of amides is 1. The van der Waals surface area contributed by atoms with Crippen molar-refractivity contribution < 1.29 is 14.7 Å². The van der Waals surface area contributed by atoms with Gasteiger partial charge < -0.3 is 10.4 Å². The normalized spacial score (nSPS) is 22.3. The molecule has 0 spiro atoms. The Bertz CT molecular complexity index is 522. The van der Waals surface area contributed by atoms with E-state index in [-0.39, 0.29) is 17.7 Å². The van der Waals surface area contributed by atoms with E-state index in [1.807, 2.05) is 13.0 Å². The van der Waals surface area contributed by atoms with Gasteiger partial charge in [-0.15, -0.1) is 0 Å². The summed E-state index contributed by atoms with van der Waals surface area (Å²) in [6, 6.07) is 5.40. The Balaban J connectivity index is 1.96. The molecule has 1 aliphatic rings. The number of carbonyl (C=O) groups excluding carboxylic acids is 1. The van der Waals surface area contributed by atoms with Crippen molar-refractivity contribution in [3.8, 4) is 0 Å². The lowest BCUT2D eigenvalue weighted by Gasteiger charge is -2.25. The molecule has 0 atom stereocenters. The summed E-state index contributed by atoms with van der Waals surface area (Å²) in [5.41, 5.74) is 1.57. The highest BCUT2D eigenvalue weighted by atomic mass is 35.5. The minimum Gasteiger partial charge on any atom is -0.481 e. The quantitative estimate of drug-likeness (QED) is 0.897. The van der Waals surface area contributed by atoms with Crippen LogP contribution in [-0.4, -0.2) is 17.0 Å². The Hall–Kier alpha value is -1.55. The number of carboxylic acid groups (broad SMARTS) is 1. The summed E-state index contributed by atoms with van der Waals surface area (Å²) < 4.78 is 0. The second-order valence-corrected chi connectivity index (χ2v) is 5.70. The van der Waals surface area contributed by atoms with Crippen molar-refractivity contribution in [3.63, 3.8) is 0 Å². The predicted molar refractivity (Wildman–Crippen MR) is 77.9 cm³/mol. The van der Waals surface area contributed by atoms with Gasteiger partial charge in [0.15, 0.2) is 0 Å². The van der Waals surface area contributed by atoms with Crippen LogP contribution < -0.4 is 5.32 Å². The lowest BCUT2D eigenvalue weighted by molar-refractivity contribution is -0.143. The van der Waals surface area contributed by atoms with Crippen LogP contribution >= 0.6 is 11.6 Å². The monoisotopic (exact) mass is 295 g/mol. The topological polar surface area (TPSA) is 66.4 Å². The third-order valence-electron chi connectivity index (χ3n) is 3.97. The van der Waals surface area contributed by atoms with Crippen LogP contribution in [0.3, 0.4) is 0 Å². The van der Waals surface area contributed by atoms with Gasteiger partial charge in [-0.1, -0.05) is 17.7 Å². The zero-order valence-corrected chi connectivity index (χ0v) is 12.1. The van der Waals surface area contributed by atoms with Crippen LogP contribution in [0, 0.1) is 18.8 Å². The Labute approximate surface area is 123 Å². The van der Waals surface area contributed by atoms with Gasteiger partial charge in [0.1, 0.15) is 0 Å². The summed E-state index contributed by atoms with van der Waals surface area (Å²) in [5, 5.41) is 12.5. The minimum absolute atomic E-state index is 0.0424. The highest BCUT2D eigenvalue weighted by Gasteiger charge is 2.29. The molecule has 20 heavy (non-hydrogen) atoms. The van der Waals surface area contributed by atoms with Crippen LogP contribution in [0.25, 0.3) is 0 Å². The van der Waals surface area contributed by atoms with Crippen molar-refractivity contribution in [3.05, 3.63) is 28.8 Å². The average Bonchev–Trinajstić information content (AvgIpc) is 2.44. The lowest BCUT2D eigenvalue weighted by atomic mass is 9.81. The average molecular weight is 296 g/mol. The first-order valence-corrected chi connectivity index (χ1v) is 7.15. The first kappa shape index (κ1) is 14.9. The Morgan fingerprint density at radius 2 is 1.80 bits per heavy atom. The maximum Gasteiger partial charge on any atom is 0.306 e. The zero-order valence-electron chi connectivity index (χ0n) is 11.4. The molecule has 5 heteroatoms. The summed E-state index contributed by atoms with van der Waals surface area (Å²) in [7, 11) is 0. The van der Waals surface area contributed by atoms with Crippen LogP contribution in [0.2, 0.25) is 5.02 Å². The van der Waals surface area contributed by atoms with E-state index in [4.69, 9.17) is 16.7 Å². The molecule has 0 aliphatic heterocycles. The van der Waals surface area contributed by atoms with Crippen LogP contribution in [0.5, 0.6) is 0 Å². The largest absolute Gasteiger partial charge is 0.481 e. The third kappa shape index (κ3) is 3.31. The number of anilines is 1. The van der Waals surface area contributed by atoms with Gasteiger partial charge in [0.05, 0.1) is 5.92 Å². The Kier molecular flexibility index (Phi) is 4.65. The molecule has 2 N–H and O–H groups in total. The number of benzene rings is 1. The molecule has 1 aromatic carbocycles. The molecule has 0 bridgehead atoms. The van der Waals surface area contributed by atoms with Crippen LogP contribution in [0.4, 0.5) is 5.69 Å². The number of hydrogen-bond donors (Lipinski definition) is 2. The van der Waals surface area contributed by atoms with Gasteiger partial charge >= 0.3 is 5.97 Å². The highest BCUT2D eigenvalue weighted by molar-refractivity contribution is 6.31. The van der Waals surface area contributed by atoms with Crippen molar-refractivity contribution in [1.29, 1.82) is 0 Å². The van der Waals surface area contributed by atoms with Crippen molar-refractivity contribution in [1.82, 2.24) is 0 Å². The standard InChI is InChI=1S/C15H18ClNO3/c1-9-12(16)3-2-4-13(9)17-14(18)10-5-7-11(8-6-10)15(19)20/h2-4,10-11H,5-8H2,1H3,(H,17,18)(H,19,20). The maximum absolute atomic E-state index is 12.2. The first-order chi connectivity index (χ1) is 9.49. The third-order valence-corrected chi connectivity index (χ3v) is 4.38.